The summed E-state index contributed by atoms with van der Waals surface area (Å²) in [6, 6.07) is 14.6. The van der Waals surface area contributed by atoms with Crippen molar-refractivity contribution in [2.45, 2.75) is 22.9 Å². The summed E-state index contributed by atoms with van der Waals surface area (Å²) in [6.45, 7) is -1.45. The number of pyridine rings is 1. The molecule has 0 aliphatic carbocycles. The number of ether oxygens (including phenoxy) is 1. The third-order valence-electron chi connectivity index (χ3n) is 4.59. The van der Waals surface area contributed by atoms with Crippen molar-refractivity contribution < 1.29 is 31.5 Å². The first kappa shape index (κ1) is 25.5. The predicted octanol–water partition coefficient (Wildman–Crippen LogP) is 6.55. The zero-order chi connectivity index (χ0) is 25.7. The van der Waals surface area contributed by atoms with Crippen LogP contribution in [0.3, 0.4) is 0 Å². The van der Waals surface area contributed by atoms with E-state index in [-0.39, 0.29) is 18.1 Å². The number of halogens is 5. The molecule has 2 aromatic carbocycles. The number of carbonyl (C=O) groups excluding carboxylic acids is 1. The standard InChI is InChI=1S/C24H16ClF4N3O3S/c25-16-5-10-20(30-11-16)36-23-19(32-22(35-23)15-1-6-17(26)7-2-15)12-34-18-8-3-14(4-9-18)21(33)31-13-24(27,28)29/h1-11H,12-13H2,(H,31,33). The van der Waals surface area contributed by atoms with Gasteiger partial charge in [0.05, 0.1) is 5.02 Å². The van der Waals surface area contributed by atoms with E-state index in [1.165, 1.54) is 66.5 Å². The van der Waals surface area contributed by atoms with Gasteiger partial charge in [0, 0.05) is 17.3 Å². The second-order valence-corrected chi connectivity index (χ2v) is 8.72. The van der Waals surface area contributed by atoms with E-state index in [4.69, 9.17) is 20.8 Å². The summed E-state index contributed by atoms with van der Waals surface area (Å²) in [5.41, 5.74) is 1.04. The van der Waals surface area contributed by atoms with Crippen LogP contribution in [-0.2, 0) is 6.61 Å². The predicted molar refractivity (Wildman–Crippen MR) is 124 cm³/mol. The second kappa shape index (κ2) is 11.0. The number of oxazole rings is 1. The van der Waals surface area contributed by atoms with Gasteiger partial charge in [0.15, 0.2) is 5.09 Å². The first-order valence-electron chi connectivity index (χ1n) is 10.3. The highest BCUT2D eigenvalue weighted by atomic mass is 35.5. The fraction of sp³-hybridized carbons (Fsp3) is 0.125. The van der Waals surface area contributed by atoms with Crippen molar-refractivity contribution in [1.29, 1.82) is 0 Å². The molecule has 186 valence electrons. The van der Waals surface area contributed by atoms with Gasteiger partial charge in [-0.05, 0) is 72.4 Å². The van der Waals surface area contributed by atoms with Crippen molar-refractivity contribution in [3.8, 4) is 17.2 Å². The van der Waals surface area contributed by atoms with Crippen LogP contribution < -0.4 is 10.1 Å². The van der Waals surface area contributed by atoms with Gasteiger partial charge >= 0.3 is 6.18 Å². The summed E-state index contributed by atoms with van der Waals surface area (Å²) in [5.74, 6) is -0.645. The van der Waals surface area contributed by atoms with Crippen molar-refractivity contribution in [1.82, 2.24) is 15.3 Å². The van der Waals surface area contributed by atoms with E-state index in [1.54, 1.807) is 17.4 Å². The lowest BCUT2D eigenvalue weighted by Crippen LogP contribution is -2.33. The van der Waals surface area contributed by atoms with Gasteiger partial charge in [-0.3, -0.25) is 4.79 Å². The van der Waals surface area contributed by atoms with Crippen LogP contribution in [0, 0.1) is 5.82 Å². The van der Waals surface area contributed by atoms with Crippen LogP contribution in [0.15, 0.2) is 81.4 Å². The summed E-state index contributed by atoms with van der Waals surface area (Å²) in [5, 5.41) is 3.27. The number of alkyl halides is 3. The molecular formula is C24H16ClF4N3O3S. The first-order chi connectivity index (χ1) is 17.2. The van der Waals surface area contributed by atoms with Crippen LogP contribution >= 0.6 is 23.4 Å². The van der Waals surface area contributed by atoms with Crippen LogP contribution in [-0.4, -0.2) is 28.6 Å². The molecule has 0 bridgehead atoms. The van der Waals surface area contributed by atoms with Gasteiger partial charge in [0.25, 0.3) is 5.91 Å². The molecule has 0 saturated carbocycles. The third kappa shape index (κ3) is 6.98. The maximum absolute atomic E-state index is 13.3. The largest absolute Gasteiger partial charge is 0.487 e. The number of carbonyl (C=O) groups is 1. The van der Waals surface area contributed by atoms with Crippen LogP contribution in [0.1, 0.15) is 16.1 Å². The van der Waals surface area contributed by atoms with E-state index < -0.39 is 24.4 Å². The Labute approximate surface area is 211 Å². The molecule has 6 nitrogen and oxygen atoms in total. The van der Waals surface area contributed by atoms with E-state index in [2.05, 4.69) is 9.97 Å². The van der Waals surface area contributed by atoms with Gasteiger partial charge < -0.3 is 14.5 Å². The number of benzene rings is 2. The Bertz CT molecular complexity index is 1330. The monoisotopic (exact) mass is 537 g/mol. The number of amides is 1. The molecule has 0 atom stereocenters. The molecule has 1 amide bonds. The topological polar surface area (TPSA) is 77.2 Å². The van der Waals surface area contributed by atoms with E-state index in [0.717, 1.165) is 0 Å². The quantitative estimate of drug-likeness (QED) is 0.257. The molecule has 0 aliphatic rings. The van der Waals surface area contributed by atoms with Crippen LogP contribution in [0.5, 0.6) is 5.75 Å². The molecule has 4 rings (SSSR count). The summed E-state index contributed by atoms with van der Waals surface area (Å²) < 4.78 is 61.9. The smallest absolute Gasteiger partial charge is 0.405 e. The highest BCUT2D eigenvalue weighted by Crippen LogP contribution is 2.34. The molecule has 4 aromatic rings. The zero-order valence-electron chi connectivity index (χ0n) is 18.2. The Balaban J connectivity index is 1.49. The number of aromatic nitrogens is 2. The SMILES string of the molecule is O=C(NCC(F)(F)F)c1ccc(OCc2nc(-c3ccc(F)cc3)oc2Sc2ccc(Cl)cn2)cc1. The van der Waals surface area contributed by atoms with E-state index in [9.17, 15) is 22.4 Å². The highest BCUT2D eigenvalue weighted by molar-refractivity contribution is 7.99. The number of nitrogens with zero attached hydrogens (tertiary/aromatic N) is 2. The minimum atomic E-state index is -4.50. The van der Waals surface area contributed by atoms with Gasteiger partial charge in [-0.1, -0.05) is 11.6 Å². The molecule has 2 heterocycles. The normalized spacial score (nSPS) is 11.4. The maximum atomic E-state index is 13.3. The van der Waals surface area contributed by atoms with E-state index >= 15 is 0 Å². The van der Waals surface area contributed by atoms with Crippen molar-refractivity contribution in [2.24, 2.45) is 0 Å². The molecular weight excluding hydrogens is 522 g/mol. The Kier molecular flexibility index (Phi) is 7.80. The number of hydrogen-bond acceptors (Lipinski definition) is 6. The first-order valence-corrected chi connectivity index (χ1v) is 11.5. The molecule has 0 spiro atoms. The Morgan fingerprint density at radius 1 is 1.06 bits per heavy atom. The minimum absolute atomic E-state index is 0.0275. The van der Waals surface area contributed by atoms with E-state index in [1.807, 2.05) is 0 Å². The van der Waals surface area contributed by atoms with Gasteiger partial charge in [-0.15, -0.1) is 0 Å². The molecule has 0 fully saturated rings. The maximum Gasteiger partial charge on any atom is 0.405 e. The molecule has 0 radical (unpaired) electrons. The Morgan fingerprint density at radius 3 is 2.42 bits per heavy atom. The lowest BCUT2D eigenvalue weighted by molar-refractivity contribution is -0.123. The van der Waals surface area contributed by atoms with Crippen molar-refractivity contribution in [3.05, 3.63) is 89.0 Å². The van der Waals surface area contributed by atoms with Gasteiger partial charge in [0.1, 0.15) is 35.4 Å². The highest BCUT2D eigenvalue weighted by Gasteiger charge is 2.28. The second-order valence-electron chi connectivity index (χ2n) is 7.29. The molecule has 2 aromatic heterocycles. The Hall–Kier alpha value is -3.57. The van der Waals surface area contributed by atoms with E-state index in [0.29, 0.717) is 32.1 Å². The lowest BCUT2D eigenvalue weighted by atomic mass is 10.2. The van der Waals surface area contributed by atoms with Crippen molar-refractivity contribution >= 4 is 29.3 Å². The average molecular weight is 538 g/mol. The molecule has 0 saturated heterocycles. The zero-order valence-corrected chi connectivity index (χ0v) is 19.8. The van der Waals surface area contributed by atoms with Crippen LogP contribution in [0.4, 0.5) is 17.6 Å². The molecule has 0 aliphatic heterocycles. The van der Waals surface area contributed by atoms with Crippen molar-refractivity contribution in [3.63, 3.8) is 0 Å². The van der Waals surface area contributed by atoms with Crippen molar-refractivity contribution in [2.75, 3.05) is 6.54 Å². The van der Waals surface area contributed by atoms with Crippen LogP contribution in [0.2, 0.25) is 5.02 Å². The number of hydrogen-bond donors (Lipinski definition) is 1. The summed E-state index contributed by atoms with van der Waals surface area (Å²) in [6.07, 6.45) is -3.01. The fourth-order valence-electron chi connectivity index (χ4n) is 2.88. The minimum Gasteiger partial charge on any atom is -0.487 e. The van der Waals surface area contributed by atoms with Gasteiger partial charge in [0.2, 0.25) is 5.89 Å². The lowest BCUT2D eigenvalue weighted by Gasteiger charge is -2.09. The molecule has 0 unspecified atom stereocenters. The summed E-state index contributed by atoms with van der Waals surface area (Å²) in [4.78, 5) is 20.6. The molecule has 12 heteroatoms. The average Bonchev–Trinajstić information content (AvgIpc) is 3.25. The van der Waals surface area contributed by atoms with Gasteiger partial charge in [-0.2, -0.15) is 13.2 Å². The fourth-order valence-corrected chi connectivity index (χ4v) is 3.77. The summed E-state index contributed by atoms with van der Waals surface area (Å²) in [7, 11) is 0. The summed E-state index contributed by atoms with van der Waals surface area (Å²) >= 11 is 7.09. The molecule has 1 N–H and O–H groups in total. The number of nitrogens with one attached hydrogen (secondary N) is 1. The molecule has 36 heavy (non-hydrogen) atoms. The van der Waals surface area contributed by atoms with Crippen LogP contribution in [0.25, 0.3) is 11.5 Å². The van der Waals surface area contributed by atoms with Gasteiger partial charge in [-0.25, -0.2) is 14.4 Å². The third-order valence-corrected chi connectivity index (χ3v) is 5.77. The Morgan fingerprint density at radius 2 is 1.78 bits per heavy atom. The number of rotatable bonds is 8.